The van der Waals surface area contributed by atoms with Crippen molar-refractivity contribution in [1.82, 2.24) is 10.2 Å². The molecular formula is C20H24N2O4. The van der Waals surface area contributed by atoms with Crippen LogP contribution in [0.15, 0.2) is 53.1 Å². The van der Waals surface area contributed by atoms with Crippen LogP contribution in [0.2, 0.25) is 0 Å². The molecule has 1 N–H and O–H groups in total. The van der Waals surface area contributed by atoms with Gasteiger partial charge in [-0.25, -0.2) is 0 Å². The van der Waals surface area contributed by atoms with Crippen molar-refractivity contribution in [3.8, 4) is 5.75 Å². The molecule has 1 aliphatic heterocycles. The van der Waals surface area contributed by atoms with Crippen LogP contribution >= 0.6 is 0 Å². The summed E-state index contributed by atoms with van der Waals surface area (Å²) in [6.45, 7) is 2.00. The number of likely N-dealkylation sites (tertiary alicyclic amines) is 1. The summed E-state index contributed by atoms with van der Waals surface area (Å²) in [6, 6.07) is 13.1. The molecule has 1 saturated heterocycles. The first-order valence-electron chi connectivity index (χ1n) is 8.98. The minimum Gasteiger partial charge on any atom is -0.493 e. The Morgan fingerprint density at radius 1 is 1.12 bits per heavy atom. The van der Waals surface area contributed by atoms with Crippen molar-refractivity contribution >= 4 is 11.8 Å². The zero-order valence-electron chi connectivity index (χ0n) is 14.7. The van der Waals surface area contributed by atoms with Gasteiger partial charge in [-0.05, 0) is 37.1 Å². The number of benzene rings is 1. The number of amides is 2. The second kappa shape index (κ2) is 9.08. The van der Waals surface area contributed by atoms with Gasteiger partial charge in [0.2, 0.25) is 11.8 Å². The number of rotatable bonds is 7. The molecule has 2 heterocycles. The first kappa shape index (κ1) is 18.0. The summed E-state index contributed by atoms with van der Waals surface area (Å²) >= 11 is 0. The monoisotopic (exact) mass is 356 g/mol. The number of furan rings is 1. The maximum atomic E-state index is 12.3. The molecule has 6 nitrogen and oxygen atoms in total. The van der Waals surface area contributed by atoms with Crippen molar-refractivity contribution in [2.75, 3.05) is 19.7 Å². The topological polar surface area (TPSA) is 71.8 Å². The van der Waals surface area contributed by atoms with E-state index in [9.17, 15) is 9.59 Å². The first-order valence-corrected chi connectivity index (χ1v) is 8.98. The Bertz CT molecular complexity index is 692. The van der Waals surface area contributed by atoms with Crippen LogP contribution in [0.5, 0.6) is 5.75 Å². The van der Waals surface area contributed by atoms with Crippen LogP contribution in [0.25, 0.3) is 0 Å². The Morgan fingerprint density at radius 2 is 1.88 bits per heavy atom. The maximum Gasteiger partial charge on any atom is 0.225 e. The standard InChI is InChI=1S/C20H24N2O4/c23-19(10-14-26-17-5-2-1-3-6-17)22-11-8-16(9-12-22)20(24)21-15-18-7-4-13-25-18/h1-7,13,16H,8-12,14-15H2,(H,21,24). The van der Waals surface area contributed by atoms with Crippen molar-refractivity contribution in [1.29, 1.82) is 0 Å². The summed E-state index contributed by atoms with van der Waals surface area (Å²) < 4.78 is 10.8. The highest BCUT2D eigenvalue weighted by molar-refractivity contribution is 5.80. The summed E-state index contributed by atoms with van der Waals surface area (Å²) in [5.74, 6) is 1.57. The number of carbonyl (C=O) groups excluding carboxylic acids is 2. The summed E-state index contributed by atoms with van der Waals surface area (Å²) in [7, 11) is 0. The lowest BCUT2D eigenvalue weighted by molar-refractivity contribution is -0.136. The van der Waals surface area contributed by atoms with E-state index in [4.69, 9.17) is 9.15 Å². The van der Waals surface area contributed by atoms with Gasteiger partial charge in [0.1, 0.15) is 11.5 Å². The molecule has 3 rings (SSSR count). The van der Waals surface area contributed by atoms with E-state index in [1.54, 1.807) is 12.3 Å². The van der Waals surface area contributed by atoms with Gasteiger partial charge in [-0.2, -0.15) is 0 Å². The second-order valence-electron chi connectivity index (χ2n) is 6.36. The summed E-state index contributed by atoms with van der Waals surface area (Å²) in [4.78, 5) is 26.3. The Balaban J connectivity index is 1.34. The lowest BCUT2D eigenvalue weighted by Gasteiger charge is -2.31. The van der Waals surface area contributed by atoms with Crippen molar-refractivity contribution in [2.45, 2.75) is 25.8 Å². The SMILES string of the molecule is O=C(NCc1ccco1)C1CCN(C(=O)CCOc2ccccc2)CC1. The largest absolute Gasteiger partial charge is 0.493 e. The highest BCUT2D eigenvalue weighted by atomic mass is 16.5. The molecule has 1 aromatic carbocycles. The van der Waals surface area contributed by atoms with Gasteiger partial charge < -0.3 is 19.4 Å². The number of carbonyl (C=O) groups is 2. The Morgan fingerprint density at radius 3 is 2.58 bits per heavy atom. The molecule has 138 valence electrons. The van der Waals surface area contributed by atoms with Crippen molar-refractivity contribution < 1.29 is 18.7 Å². The van der Waals surface area contributed by atoms with E-state index >= 15 is 0 Å². The third-order valence-electron chi connectivity index (χ3n) is 4.56. The van der Waals surface area contributed by atoms with E-state index in [0.717, 1.165) is 11.5 Å². The van der Waals surface area contributed by atoms with Gasteiger partial charge in [-0.3, -0.25) is 9.59 Å². The molecule has 2 aromatic rings. The molecule has 1 fully saturated rings. The van der Waals surface area contributed by atoms with E-state index in [0.29, 0.717) is 45.5 Å². The smallest absolute Gasteiger partial charge is 0.225 e. The number of piperidine rings is 1. The molecule has 1 aromatic heterocycles. The Labute approximate surface area is 153 Å². The minimum atomic E-state index is -0.0467. The van der Waals surface area contributed by atoms with Crippen LogP contribution in [0, 0.1) is 5.92 Å². The van der Waals surface area contributed by atoms with Crippen molar-refractivity contribution in [2.24, 2.45) is 5.92 Å². The van der Waals surface area contributed by atoms with Gasteiger partial charge in [0.25, 0.3) is 0 Å². The van der Waals surface area contributed by atoms with Gasteiger partial charge in [0, 0.05) is 19.0 Å². The predicted octanol–water partition coefficient (Wildman–Crippen LogP) is 2.60. The molecule has 0 aliphatic carbocycles. The second-order valence-corrected chi connectivity index (χ2v) is 6.36. The third kappa shape index (κ3) is 5.12. The first-order chi connectivity index (χ1) is 12.7. The number of hydrogen-bond donors (Lipinski definition) is 1. The molecular weight excluding hydrogens is 332 g/mol. The fraction of sp³-hybridized carbons (Fsp3) is 0.400. The number of nitrogens with zero attached hydrogens (tertiary/aromatic N) is 1. The lowest BCUT2D eigenvalue weighted by atomic mass is 9.95. The van der Waals surface area contributed by atoms with Crippen molar-refractivity contribution in [3.63, 3.8) is 0 Å². The average molecular weight is 356 g/mol. The van der Waals surface area contributed by atoms with Crippen LogP contribution in [0.3, 0.4) is 0 Å². The zero-order valence-corrected chi connectivity index (χ0v) is 14.7. The third-order valence-corrected chi connectivity index (χ3v) is 4.56. The number of para-hydroxylation sites is 1. The molecule has 0 bridgehead atoms. The zero-order chi connectivity index (χ0) is 18.2. The molecule has 6 heteroatoms. The quantitative estimate of drug-likeness (QED) is 0.828. The maximum absolute atomic E-state index is 12.3. The lowest BCUT2D eigenvalue weighted by Crippen LogP contribution is -2.43. The van der Waals surface area contributed by atoms with Crippen LogP contribution in [0.4, 0.5) is 0 Å². The van der Waals surface area contributed by atoms with E-state index in [-0.39, 0.29) is 17.7 Å². The normalized spacial score (nSPS) is 14.8. The van der Waals surface area contributed by atoms with Crippen LogP contribution in [-0.2, 0) is 16.1 Å². The fourth-order valence-corrected chi connectivity index (χ4v) is 3.05. The molecule has 0 radical (unpaired) electrons. The predicted molar refractivity (Wildman–Crippen MR) is 96.4 cm³/mol. The number of hydrogen-bond acceptors (Lipinski definition) is 4. The molecule has 2 amide bonds. The number of ether oxygens (including phenoxy) is 1. The van der Waals surface area contributed by atoms with Crippen molar-refractivity contribution in [3.05, 3.63) is 54.5 Å². The fourth-order valence-electron chi connectivity index (χ4n) is 3.05. The van der Waals surface area contributed by atoms with Gasteiger partial charge >= 0.3 is 0 Å². The highest BCUT2D eigenvalue weighted by Crippen LogP contribution is 2.18. The Kier molecular flexibility index (Phi) is 6.30. The van der Waals surface area contributed by atoms with E-state index in [1.165, 1.54) is 0 Å². The number of nitrogens with one attached hydrogen (secondary N) is 1. The van der Waals surface area contributed by atoms with Crippen LogP contribution in [0.1, 0.15) is 25.0 Å². The highest BCUT2D eigenvalue weighted by Gasteiger charge is 2.27. The minimum absolute atomic E-state index is 0.0286. The van der Waals surface area contributed by atoms with Gasteiger partial charge in [-0.15, -0.1) is 0 Å². The molecule has 0 atom stereocenters. The average Bonchev–Trinajstić information content (AvgIpc) is 3.20. The Hall–Kier alpha value is -2.76. The molecule has 0 spiro atoms. The molecule has 0 saturated carbocycles. The summed E-state index contributed by atoms with van der Waals surface area (Å²) in [5.41, 5.74) is 0. The summed E-state index contributed by atoms with van der Waals surface area (Å²) in [5, 5.41) is 2.90. The van der Waals surface area contributed by atoms with E-state index < -0.39 is 0 Å². The van der Waals surface area contributed by atoms with Gasteiger partial charge in [0.15, 0.2) is 0 Å². The summed E-state index contributed by atoms with van der Waals surface area (Å²) in [6.07, 6.45) is 3.32. The van der Waals surface area contributed by atoms with Gasteiger partial charge in [0.05, 0.1) is 25.8 Å². The van der Waals surface area contributed by atoms with Crippen LogP contribution in [-0.4, -0.2) is 36.4 Å². The van der Waals surface area contributed by atoms with Gasteiger partial charge in [-0.1, -0.05) is 18.2 Å². The molecule has 0 unspecified atom stereocenters. The van der Waals surface area contributed by atoms with E-state index in [2.05, 4.69) is 5.32 Å². The van der Waals surface area contributed by atoms with Crippen LogP contribution < -0.4 is 10.1 Å². The molecule has 26 heavy (non-hydrogen) atoms. The molecule has 1 aliphatic rings. The van der Waals surface area contributed by atoms with E-state index in [1.807, 2.05) is 41.3 Å².